The zero-order valence-corrected chi connectivity index (χ0v) is 11.7. The molecule has 4 nitrogen and oxygen atoms in total. The van der Waals surface area contributed by atoms with Gasteiger partial charge in [-0.3, -0.25) is 0 Å². The molecule has 2 unspecified atom stereocenters. The van der Waals surface area contributed by atoms with E-state index in [4.69, 9.17) is 5.73 Å². The van der Waals surface area contributed by atoms with E-state index in [0.717, 1.165) is 12.1 Å². The summed E-state index contributed by atoms with van der Waals surface area (Å²) in [5, 5.41) is 9.08. The number of thioether (sulfide) groups is 1. The zero-order chi connectivity index (χ0) is 12.5. The first-order valence-electron chi connectivity index (χ1n) is 6.28. The molecule has 17 heavy (non-hydrogen) atoms. The van der Waals surface area contributed by atoms with Gasteiger partial charge in [-0.2, -0.15) is 11.8 Å². The fraction of sp³-hybridized carbons (Fsp3) is 0.833. The first-order chi connectivity index (χ1) is 7.99. The highest BCUT2D eigenvalue weighted by molar-refractivity contribution is 8.01. The maximum atomic E-state index is 5.52. The second-order valence-corrected chi connectivity index (χ2v) is 7.71. The zero-order valence-electron chi connectivity index (χ0n) is 10.9. The number of rotatable bonds is 4. The van der Waals surface area contributed by atoms with Crippen LogP contribution in [-0.2, 0) is 6.42 Å². The van der Waals surface area contributed by atoms with Gasteiger partial charge < -0.3 is 5.73 Å². The van der Waals surface area contributed by atoms with Crippen molar-refractivity contribution in [3.63, 3.8) is 0 Å². The fourth-order valence-electron chi connectivity index (χ4n) is 2.08. The minimum Gasteiger partial charge on any atom is -0.330 e. The smallest absolute Gasteiger partial charge is 0.0839 e. The predicted octanol–water partition coefficient (Wildman–Crippen LogP) is 2.01. The van der Waals surface area contributed by atoms with Gasteiger partial charge in [0.25, 0.3) is 0 Å². The number of nitrogens with two attached hydrogens (primary N) is 1. The lowest BCUT2D eigenvalue weighted by atomic mass is 9.92. The molecule has 2 N–H and O–H groups in total. The quantitative estimate of drug-likeness (QED) is 0.893. The Morgan fingerprint density at radius 1 is 1.47 bits per heavy atom. The Balaban J connectivity index is 1.97. The van der Waals surface area contributed by atoms with Crippen LogP contribution in [0.3, 0.4) is 0 Å². The van der Waals surface area contributed by atoms with E-state index >= 15 is 0 Å². The van der Waals surface area contributed by atoms with Gasteiger partial charge in [-0.1, -0.05) is 26.0 Å². The summed E-state index contributed by atoms with van der Waals surface area (Å²) in [5.74, 6) is 0. The Morgan fingerprint density at radius 2 is 2.24 bits per heavy atom. The molecule has 1 aliphatic rings. The molecule has 0 amide bonds. The van der Waals surface area contributed by atoms with Crippen molar-refractivity contribution in [3.05, 3.63) is 11.9 Å². The van der Waals surface area contributed by atoms with Crippen molar-refractivity contribution >= 4 is 11.8 Å². The van der Waals surface area contributed by atoms with E-state index in [1.54, 1.807) is 0 Å². The predicted molar refractivity (Wildman–Crippen MR) is 72.2 cm³/mol. The molecule has 1 aromatic rings. The highest BCUT2D eigenvalue weighted by Crippen LogP contribution is 2.45. The standard InChI is InChI=1S/C12H22N4S/c1-12(2,3)17-11-5-4-10(11)16-8-9(6-7-13)14-15-16/h8,10-11H,4-7,13H2,1-3H3. The molecule has 0 aromatic carbocycles. The van der Waals surface area contributed by atoms with E-state index in [-0.39, 0.29) is 0 Å². The minimum absolute atomic E-state index is 0.323. The molecule has 1 saturated carbocycles. The molecule has 2 rings (SSSR count). The van der Waals surface area contributed by atoms with Gasteiger partial charge in [0.2, 0.25) is 0 Å². The van der Waals surface area contributed by atoms with Gasteiger partial charge in [0.05, 0.1) is 11.7 Å². The van der Waals surface area contributed by atoms with Crippen molar-refractivity contribution in [3.8, 4) is 0 Å². The largest absolute Gasteiger partial charge is 0.330 e. The van der Waals surface area contributed by atoms with Crippen LogP contribution < -0.4 is 5.73 Å². The first kappa shape index (κ1) is 12.9. The van der Waals surface area contributed by atoms with Gasteiger partial charge in [-0.05, 0) is 19.4 Å². The molecule has 1 heterocycles. The number of aromatic nitrogens is 3. The summed E-state index contributed by atoms with van der Waals surface area (Å²) in [4.78, 5) is 0. The first-order valence-corrected chi connectivity index (χ1v) is 7.16. The third kappa shape index (κ3) is 3.22. The molecule has 1 aromatic heterocycles. The van der Waals surface area contributed by atoms with Crippen molar-refractivity contribution in [2.24, 2.45) is 5.73 Å². The second-order valence-electron chi connectivity index (χ2n) is 5.64. The van der Waals surface area contributed by atoms with Crippen LogP contribution in [0.25, 0.3) is 0 Å². The van der Waals surface area contributed by atoms with E-state index in [9.17, 15) is 0 Å². The Labute approximate surface area is 107 Å². The summed E-state index contributed by atoms with van der Waals surface area (Å²) in [6.45, 7) is 7.46. The third-order valence-electron chi connectivity index (χ3n) is 2.98. The van der Waals surface area contributed by atoms with Crippen LogP contribution in [0.4, 0.5) is 0 Å². The van der Waals surface area contributed by atoms with E-state index in [1.807, 2.05) is 4.68 Å². The molecule has 0 aliphatic heterocycles. The van der Waals surface area contributed by atoms with Crippen molar-refractivity contribution in [1.82, 2.24) is 15.0 Å². The van der Waals surface area contributed by atoms with Crippen LogP contribution in [0, 0.1) is 0 Å². The van der Waals surface area contributed by atoms with Crippen LogP contribution in [0.5, 0.6) is 0 Å². The topological polar surface area (TPSA) is 56.7 Å². The lowest BCUT2D eigenvalue weighted by molar-refractivity contribution is 0.296. The number of nitrogens with zero attached hydrogens (tertiary/aromatic N) is 3. The van der Waals surface area contributed by atoms with E-state index in [1.165, 1.54) is 12.8 Å². The average Bonchev–Trinajstić information content (AvgIpc) is 2.61. The Kier molecular flexibility index (Phi) is 3.78. The van der Waals surface area contributed by atoms with Crippen LogP contribution in [0.15, 0.2) is 6.20 Å². The van der Waals surface area contributed by atoms with E-state index < -0.39 is 0 Å². The Bertz CT molecular complexity index is 369. The Morgan fingerprint density at radius 3 is 2.76 bits per heavy atom. The molecular formula is C12H22N4S. The van der Waals surface area contributed by atoms with Crippen LogP contribution in [0.1, 0.15) is 45.3 Å². The van der Waals surface area contributed by atoms with Crippen molar-refractivity contribution in [2.45, 2.75) is 56.1 Å². The molecule has 0 saturated heterocycles. The van der Waals surface area contributed by atoms with Gasteiger partial charge in [-0.25, -0.2) is 4.68 Å². The van der Waals surface area contributed by atoms with Crippen molar-refractivity contribution in [1.29, 1.82) is 0 Å². The Hall–Kier alpha value is -0.550. The summed E-state index contributed by atoms with van der Waals surface area (Å²) < 4.78 is 2.36. The lowest BCUT2D eigenvalue weighted by Gasteiger charge is -2.39. The van der Waals surface area contributed by atoms with Gasteiger partial charge >= 0.3 is 0 Å². The van der Waals surface area contributed by atoms with Crippen molar-refractivity contribution in [2.75, 3.05) is 6.54 Å². The summed E-state index contributed by atoms with van der Waals surface area (Å²) in [6.07, 6.45) is 5.40. The van der Waals surface area contributed by atoms with E-state index in [0.29, 0.717) is 22.6 Å². The van der Waals surface area contributed by atoms with E-state index in [2.05, 4.69) is 49.0 Å². The number of hydrogen-bond donors (Lipinski definition) is 1. The van der Waals surface area contributed by atoms with Gasteiger partial charge in [0.1, 0.15) is 0 Å². The molecule has 1 fully saturated rings. The molecule has 0 bridgehead atoms. The van der Waals surface area contributed by atoms with Gasteiger partial charge in [0, 0.05) is 22.6 Å². The average molecular weight is 254 g/mol. The molecule has 2 atom stereocenters. The summed E-state index contributed by atoms with van der Waals surface area (Å²) in [5.41, 5.74) is 6.53. The minimum atomic E-state index is 0.323. The molecule has 1 aliphatic carbocycles. The summed E-state index contributed by atoms with van der Waals surface area (Å²) in [6, 6.07) is 0.526. The molecule has 96 valence electrons. The van der Waals surface area contributed by atoms with Crippen LogP contribution in [-0.4, -0.2) is 31.5 Å². The fourth-order valence-corrected chi connectivity index (χ4v) is 3.66. The normalized spacial score (nSPS) is 24.7. The SMILES string of the molecule is CC(C)(C)SC1CCC1n1cc(CCN)nn1. The van der Waals surface area contributed by atoms with Crippen LogP contribution in [0.2, 0.25) is 0 Å². The maximum absolute atomic E-state index is 5.52. The number of hydrogen-bond acceptors (Lipinski definition) is 4. The van der Waals surface area contributed by atoms with Gasteiger partial charge in [-0.15, -0.1) is 5.10 Å². The highest BCUT2D eigenvalue weighted by Gasteiger charge is 2.36. The molecule has 0 radical (unpaired) electrons. The lowest BCUT2D eigenvalue weighted by Crippen LogP contribution is -2.34. The maximum Gasteiger partial charge on any atom is 0.0839 e. The monoisotopic (exact) mass is 254 g/mol. The second kappa shape index (κ2) is 4.98. The summed E-state index contributed by atoms with van der Waals surface area (Å²) in [7, 11) is 0. The van der Waals surface area contributed by atoms with Crippen molar-refractivity contribution < 1.29 is 0 Å². The molecular weight excluding hydrogens is 232 g/mol. The summed E-state index contributed by atoms with van der Waals surface area (Å²) >= 11 is 2.06. The highest BCUT2D eigenvalue weighted by atomic mass is 32.2. The molecule has 5 heteroatoms. The van der Waals surface area contributed by atoms with Crippen LogP contribution >= 0.6 is 11.8 Å². The third-order valence-corrected chi connectivity index (χ3v) is 4.54. The van der Waals surface area contributed by atoms with Gasteiger partial charge in [0.15, 0.2) is 0 Å². The molecule has 0 spiro atoms.